The van der Waals surface area contributed by atoms with Crippen molar-refractivity contribution in [2.24, 2.45) is 0 Å². The summed E-state index contributed by atoms with van der Waals surface area (Å²) in [6, 6.07) is 4.09. The maximum Gasteiger partial charge on any atom is 0.415 e. The van der Waals surface area contributed by atoms with E-state index >= 15 is 0 Å². The molecular formula is C22H28ClN5O6. The second-order valence-electron chi connectivity index (χ2n) is 7.99. The Morgan fingerprint density at radius 2 is 1.71 bits per heavy atom. The number of aromatic nitrogens is 2. The number of carbonyl (C=O) groups excluding carboxylic acids is 3. The van der Waals surface area contributed by atoms with Crippen molar-refractivity contribution in [3.8, 4) is 11.5 Å². The molecule has 1 heterocycles. The van der Waals surface area contributed by atoms with Gasteiger partial charge >= 0.3 is 6.09 Å². The van der Waals surface area contributed by atoms with E-state index in [9.17, 15) is 14.4 Å². The van der Waals surface area contributed by atoms with Crippen LogP contribution < -0.4 is 25.2 Å². The molecule has 12 heteroatoms. The molecule has 1 atom stereocenters. The summed E-state index contributed by atoms with van der Waals surface area (Å²) < 4.78 is 16.3. The molecule has 0 aliphatic heterocycles. The Morgan fingerprint density at radius 3 is 2.29 bits per heavy atom. The van der Waals surface area contributed by atoms with Crippen molar-refractivity contribution in [1.29, 1.82) is 0 Å². The highest BCUT2D eigenvalue weighted by Gasteiger charge is 2.32. The van der Waals surface area contributed by atoms with Gasteiger partial charge in [0.1, 0.15) is 11.5 Å². The highest BCUT2D eigenvalue weighted by molar-refractivity contribution is 6.27. The highest BCUT2D eigenvalue weighted by Crippen LogP contribution is 2.36. The molecule has 0 bridgehead atoms. The molecule has 2 rings (SSSR count). The molecule has 1 unspecified atom stereocenters. The molecule has 34 heavy (non-hydrogen) atoms. The lowest BCUT2D eigenvalue weighted by atomic mass is 10.1. The standard InChI is InChI=1S/C22H28ClN5O6/c1-13(18-19(25-10-9-24-18)20(30)27-26-17(29)12-23)28(21(31)34-22(2,3)4)14-7-8-15(32-5)16(11-14)33-6/h7-11,13H,12H2,1-6H3,(H,26,29)(H,27,30). The molecule has 0 spiro atoms. The molecule has 11 nitrogen and oxygen atoms in total. The number of benzene rings is 1. The summed E-state index contributed by atoms with van der Waals surface area (Å²) in [6.07, 6.45) is 2.03. The van der Waals surface area contributed by atoms with Gasteiger partial charge in [-0.25, -0.2) is 9.78 Å². The molecule has 0 aliphatic carbocycles. The fraction of sp³-hybridized carbons (Fsp3) is 0.409. The van der Waals surface area contributed by atoms with Crippen molar-refractivity contribution in [2.75, 3.05) is 25.0 Å². The Bertz CT molecular complexity index is 1040. The third kappa shape index (κ3) is 6.70. The lowest BCUT2D eigenvalue weighted by molar-refractivity contribution is -0.119. The third-order valence-electron chi connectivity index (χ3n) is 4.40. The lowest BCUT2D eigenvalue weighted by Crippen LogP contribution is -2.44. The topological polar surface area (TPSA) is 132 Å². The lowest BCUT2D eigenvalue weighted by Gasteiger charge is -2.32. The Kier molecular flexibility index (Phi) is 9.02. The van der Waals surface area contributed by atoms with Gasteiger partial charge in [0.15, 0.2) is 17.2 Å². The molecule has 0 radical (unpaired) electrons. The van der Waals surface area contributed by atoms with E-state index in [4.69, 9.17) is 25.8 Å². The van der Waals surface area contributed by atoms with E-state index in [1.165, 1.54) is 31.5 Å². The maximum atomic E-state index is 13.3. The SMILES string of the molecule is COc1ccc(N(C(=O)OC(C)(C)C)C(C)c2nccnc2C(=O)NNC(=O)CCl)cc1OC. The molecule has 0 saturated heterocycles. The van der Waals surface area contributed by atoms with Gasteiger partial charge in [-0.2, -0.15) is 0 Å². The van der Waals surface area contributed by atoms with Crippen LogP contribution in [0.25, 0.3) is 0 Å². The Labute approximate surface area is 202 Å². The van der Waals surface area contributed by atoms with Gasteiger partial charge in [0.05, 0.1) is 31.6 Å². The second-order valence-corrected chi connectivity index (χ2v) is 8.26. The van der Waals surface area contributed by atoms with Crippen LogP contribution in [0.3, 0.4) is 0 Å². The van der Waals surface area contributed by atoms with Gasteiger partial charge in [0.25, 0.3) is 11.8 Å². The molecule has 1 aromatic heterocycles. The molecule has 0 aliphatic rings. The van der Waals surface area contributed by atoms with Gasteiger partial charge in [-0.3, -0.25) is 30.3 Å². The maximum absolute atomic E-state index is 13.3. The molecule has 2 aromatic rings. The van der Waals surface area contributed by atoms with Gasteiger partial charge < -0.3 is 14.2 Å². The van der Waals surface area contributed by atoms with Crippen molar-refractivity contribution >= 4 is 35.2 Å². The van der Waals surface area contributed by atoms with Crippen LogP contribution in [0.4, 0.5) is 10.5 Å². The summed E-state index contributed by atoms with van der Waals surface area (Å²) in [5.41, 5.74) is 4.08. The fourth-order valence-corrected chi connectivity index (χ4v) is 3.01. The number of hydrogen-bond acceptors (Lipinski definition) is 8. The summed E-state index contributed by atoms with van der Waals surface area (Å²) in [5.74, 6) is -0.811. The van der Waals surface area contributed by atoms with Crippen molar-refractivity contribution < 1.29 is 28.6 Å². The van der Waals surface area contributed by atoms with Crippen LogP contribution in [0.15, 0.2) is 30.6 Å². The van der Waals surface area contributed by atoms with E-state index in [2.05, 4.69) is 20.8 Å². The van der Waals surface area contributed by atoms with E-state index in [1.807, 2.05) is 0 Å². The quantitative estimate of drug-likeness (QED) is 0.444. The van der Waals surface area contributed by atoms with Gasteiger partial charge in [0.2, 0.25) is 0 Å². The second kappa shape index (κ2) is 11.5. The first-order chi connectivity index (χ1) is 16.0. The van der Waals surface area contributed by atoms with Crippen molar-refractivity contribution in [1.82, 2.24) is 20.8 Å². The van der Waals surface area contributed by atoms with Crippen molar-refractivity contribution in [3.63, 3.8) is 0 Å². The van der Waals surface area contributed by atoms with Gasteiger partial charge in [-0.15, -0.1) is 11.6 Å². The number of rotatable bonds is 7. The average Bonchev–Trinajstić information content (AvgIpc) is 2.80. The van der Waals surface area contributed by atoms with Crippen LogP contribution in [0.2, 0.25) is 0 Å². The highest BCUT2D eigenvalue weighted by atomic mass is 35.5. The predicted molar refractivity (Wildman–Crippen MR) is 125 cm³/mol. The predicted octanol–water partition coefficient (Wildman–Crippen LogP) is 3.00. The molecular weight excluding hydrogens is 466 g/mol. The summed E-state index contributed by atoms with van der Waals surface area (Å²) in [7, 11) is 2.97. The van der Waals surface area contributed by atoms with Crippen LogP contribution in [-0.4, -0.2) is 53.6 Å². The molecule has 3 amide bonds. The number of alkyl halides is 1. The van der Waals surface area contributed by atoms with E-state index in [0.717, 1.165) is 0 Å². The van der Waals surface area contributed by atoms with Crippen LogP contribution >= 0.6 is 11.6 Å². The number of methoxy groups -OCH3 is 2. The average molecular weight is 494 g/mol. The first-order valence-electron chi connectivity index (χ1n) is 10.2. The first-order valence-corrected chi connectivity index (χ1v) is 10.8. The molecule has 184 valence electrons. The number of carbonyl (C=O) groups is 3. The van der Waals surface area contributed by atoms with Gasteiger partial charge in [0, 0.05) is 18.5 Å². The van der Waals surface area contributed by atoms with Crippen LogP contribution in [0.5, 0.6) is 11.5 Å². The van der Waals surface area contributed by atoms with E-state index in [0.29, 0.717) is 17.2 Å². The number of nitrogens with zero attached hydrogens (tertiary/aromatic N) is 3. The zero-order valence-electron chi connectivity index (χ0n) is 19.8. The van der Waals surface area contributed by atoms with Crippen molar-refractivity contribution in [2.45, 2.75) is 39.3 Å². The normalized spacial score (nSPS) is 11.7. The molecule has 2 N–H and O–H groups in total. The zero-order chi connectivity index (χ0) is 25.5. The van der Waals surface area contributed by atoms with Gasteiger partial charge in [-0.1, -0.05) is 0 Å². The number of anilines is 1. The first kappa shape index (κ1) is 26.7. The Hall–Kier alpha value is -3.60. The number of amides is 3. The molecule has 0 saturated carbocycles. The molecule has 1 aromatic carbocycles. The smallest absolute Gasteiger partial charge is 0.415 e. The van der Waals surface area contributed by atoms with E-state index < -0.39 is 29.6 Å². The zero-order valence-corrected chi connectivity index (χ0v) is 20.6. The van der Waals surface area contributed by atoms with Crippen LogP contribution in [0.1, 0.15) is 49.9 Å². The largest absolute Gasteiger partial charge is 0.493 e. The number of hydrogen-bond donors (Lipinski definition) is 2. The minimum Gasteiger partial charge on any atom is -0.493 e. The monoisotopic (exact) mass is 493 g/mol. The van der Waals surface area contributed by atoms with Gasteiger partial charge in [-0.05, 0) is 39.8 Å². The Morgan fingerprint density at radius 1 is 1.06 bits per heavy atom. The fourth-order valence-electron chi connectivity index (χ4n) is 2.94. The molecule has 0 fully saturated rings. The van der Waals surface area contributed by atoms with Crippen molar-refractivity contribution in [3.05, 3.63) is 42.0 Å². The number of hydrazine groups is 1. The van der Waals surface area contributed by atoms with E-state index in [1.54, 1.807) is 45.9 Å². The minimum absolute atomic E-state index is 0.0982. The summed E-state index contributed by atoms with van der Waals surface area (Å²) in [5, 5.41) is 0. The number of nitrogens with one attached hydrogen (secondary N) is 2. The summed E-state index contributed by atoms with van der Waals surface area (Å²) in [6.45, 7) is 6.88. The minimum atomic E-state index is -0.814. The Balaban J connectivity index is 2.53. The van der Waals surface area contributed by atoms with E-state index in [-0.39, 0.29) is 17.3 Å². The third-order valence-corrected chi connectivity index (χ3v) is 4.64. The summed E-state index contributed by atoms with van der Waals surface area (Å²) >= 11 is 5.44. The van der Waals surface area contributed by atoms with Crippen LogP contribution in [-0.2, 0) is 9.53 Å². The number of halogens is 1. The number of ether oxygens (including phenoxy) is 3. The summed E-state index contributed by atoms with van der Waals surface area (Å²) in [4.78, 5) is 47.1. The van der Waals surface area contributed by atoms with Crippen LogP contribution in [0, 0.1) is 0 Å².